The zero-order chi connectivity index (χ0) is 23.4. The Morgan fingerprint density at radius 2 is 1.88 bits per heavy atom. The van der Waals surface area contributed by atoms with Crippen molar-refractivity contribution in [3.63, 3.8) is 0 Å². The van der Waals surface area contributed by atoms with Crippen molar-refractivity contribution in [2.24, 2.45) is 5.73 Å². The number of hydrogen-bond acceptors (Lipinski definition) is 6. The molecule has 0 atom stereocenters. The van der Waals surface area contributed by atoms with Gasteiger partial charge in [0.05, 0.1) is 12.2 Å². The number of benzene rings is 2. The van der Waals surface area contributed by atoms with Gasteiger partial charge in [-0.2, -0.15) is 0 Å². The molecule has 0 bridgehead atoms. The van der Waals surface area contributed by atoms with E-state index in [4.69, 9.17) is 19.9 Å². The average molecular weight is 467 g/mol. The van der Waals surface area contributed by atoms with Gasteiger partial charge in [0.25, 0.3) is 11.8 Å². The molecule has 33 heavy (non-hydrogen) atoms. The maximum atomic E-state index is 12.8. The van der Waals surface area contributed by atoms with Crippen LogP contribution in [-0.4, -0.2) is 25.2 Å². The third kappa shape index (κ3) is 5.12. The number of anilines is 1. The first-order valence-electron chi connectivity index (χ1n) is 10.8. The Morgan fingerprint density at radius 1 is 1.12 bits per heavy atom. The molecule has 8 heteroatoms. The summed E-state index contributed by atoms with van der Waals surface area (Å²) in [5.74, 6) is 1.25. The quantitative estimate of drug-likeness (QED) is 0.437. The third-order valence-corrected chi connectivity index (χ3v) is 6.61. The average Bonchev–Trinajstić information content (AvgIpc) is 3.38. The lowest BCUT2D eigenvalue weighted by atomic mass is 10.1. The van der Waals surface area contributed by atoms with Crippen LogP contribution in [0.15, 0.2) is 42.5 Å². The van der Waals surface area contributed by atoms with E-state index in [0.717, 1.165) is 34.6 Å². The van der Waals surface area contributed by atoms with Crippen LogP contribution in [0.4, 0.5) is 5.00 Å². The minimum atomic E-state index is -0.573. The van der Waals surface area contributed by atoms with Crippen molar-refractivity contribution in [2.75, 3.05) is 18.7 Å². The zero-order valence-electron chi connectivity index (χ0n) is 18.6. The molecule has 2 heterocycles. The molecule has 0 fully saturated rings. The Bertz CT molecular complexity index is 1170. The van der Waals surface area contributed by atoms with Gasteiger partial charge in [0.1, 0.15) is 10.8 Å². The monoisotopic (exact) mass is 466 g/mol. The summed E-state index contributed by atoms with van der Waals surface area (Å²) >= 11 is 1.35. The van der Waals surface area contributed by atoms with Gasteiger partial charge in [0, 0.05) is 16.9 Å². The SMILES string of the molecule is CCCCOc1ccc(C(=O)Nc2sc(Cc3ccc4c(c3)OCO4)c(C)c2C(N)=O)cc1. The van der Waals surface area contributed by atoms with Crippen molar-refractivity contribution in [1.82, 2.24) is 0 Å². The summed E-state index contributed by atoms with van der Waals surface area (Å²) in [4.78, 5) is 26.0. The first-order valence-corrected chi connectivity index (χ1v) is 11.6. The van der Waals surface area contributed by atoms with Crippen molar-refractivity contribution in [2.45, 2.75) is 33.1 Å². The van der Waals surface area contributed by atoms with Gasteiger partial charge in [-0.1, -0.05) is 19.4 Å². The molecule has 0 saturated heterocycles. The van der Waals surface area contributed by atoms with E-state index in [1.54, 1.807) is 24.3 Å². The van der Waals surface area contributed by atoms with Crippen LogP contribution in [0.3, 0.4) is 0 Å². The van der Waals surface area contributed by atoms with Crippen LogP contribution in [0.25, 0.3) is 0 Å². The Labute approximate surface area is 196 Å². The lowest BCUT2D eigenvalue weighted by Gasteiger charge is -2.07. The fourth-order valence-corrected chi connectivity index (χ4v) is 4.80. The predicted octanol–water partition coefficient (Wildman–Crippen LogP) is 4.91. The van der Waals surface area contributed by atoms with Crippen LogP contribution in [-0.2, 0) is 6.42 Å². The van der Waals surface area contributed by atoms with Gasteiger partial charge in [-0.25, -0.2) is 0 Å². The van der Waals surface area contributed by atoms with Gasteiger partial charge in [0.15, 0.2) is 11.5 Å². The van der Waals surface area contributed by atoms with Crippen molar-refractivity contribution in [3.05, 3.63) is 69.6 Å². The molecular weight excluding hydrogens is 440 g/mol. The Kier molecular flexibility index (Phi) is 6.84. The van der Waals surface area contributed by atoms with Crippen molar-refractivity contribution >= 4 is 28.2 Å². The Balaban J connectivity index is 1.51. The number of amides is 2. The molecule has 1 aliphatic rings. The van der Waals surface area contributed by atoms with Crippen LogP contribution < -0.4 is 25.3 Å². The summed E-state index contributed by atoms with van der Waals surface area (Å²) in [6.07, 6.45) is 2.61. The highest BCUT2D eigenvalue weighted by Crippen LogP contribution is 2.37. The molecular formula is C25H26N2O5S. The van der Waals surface area contributed by atoms with E-state index in [-0.39, 0.29) is 12.7 Å². The van der Waals surface area contributed by atoms with Gasteiger partial charge in [-0.15, -0.1) is 11.3 Å². The second-order valence-corrected chi connectivity index (χ2v) is 8.87. The third-order valence-electron chi connectivity index (χ3n) is 5.40. The summed E-state index contributed by atoms with van der Waals surface area (Å²) in [6, 6.07) is 12.7. The molecule has 0 saturated carbocycles. The highest BCUT2D eigenvalue weighted by molar-refractivity contribution is 7.17. The highest BCUT2D eigenvalue weighted by atomic mass is 32.1. The first kappa shape index (κ1) is 22.7. The van der Waals surface area contributed by atoms with Gasteiger partial charge in [0.2, 0.25) is 6.79 Å². The van der Waals surface area contributed by atoms with E-state index in [1.807, 2.05) is 25.1 Å². The second kappa shape index (κ2) is 9.95. The van der Waals surface area contributed by atoms with Crippen molar-refractivity contribution in [1.29, 1.82) is 0 Å². The number of thiophene rings is 1. The number of nitrogens with two attached hydrogens (primary N) is 1. The molecule has 0 spiro atoms. The van der Waals surface area contributed by atoms with E-state index in [2.05, 4.69) is 12.2 Å². The van der Waals surface area contributed by atoms with Gasteiger partial charge in [-0.3, -0.25) is 9.59 Å². The van der Waals surface area contributed by atoms with Crippen LogP contribution in [0, 0.1) is 6.92 Å². The molecule has 1 aliphatic heterocycles. The summed E-state index contributed by atoms with van der Waals surface area (Å²) in [5.41, 5.74) is 8.23. The molecule has 3 aromatic rings. The summed E-state index contributed by atoms with van der Waals surface area (Å²) in [7, 11) is 0. The van der Waals surface area contributed by atoms with E-state index in [1.165, 1.54) is 11.3 Å². The van der Waals surface area contributed by atoms with E-state index >= 15 is 0 Å². The lowest BCUT2D eigenvalue weighted by Crippen LogP contribution is -2.17. The molecule has 7 nitrogen and oxygen atoms in total. The molecule has 4 rings (SSSR count). The fourth-order valence-electron chi connectivity index (χ4n) is 3.56. The number of ether oxygens (including phenoxy) is 3. The predicted molar refractivity (Wildman–Crippen MR) is 128 cm³/mol. The Morgan fingerprint density at radius 3 is 2.61 bits per heavy atom. The van der Waals surface area contributed by atoms with Crippen molar-refractivity contribution < 1.29 is 23.8 Å². The molecule has 2 aromatic carbocycles. The largest absolute Gasteiger partial charge is 0.494 e. The second-order valence-electron chi connectivity index (χ2n) is 7.76. The first-order chi connectivity index (χ1) is 16.0. The summed E-state index contributed by atoms with van der Waals surface area (Å²) in [5, 5.41) is 3.31. The zero-order valence-corrected chi connectivity index (χ0v) is 19.4. The lowest BCUT2D eigenvalue weighted by molar-refractivity contribution is 0.100. The molecule has 2 amide bonds. The fraction of sp³-hybridized carbons (Fsp3) is 0.280. The van der Waals surface area contributed by atoms with Crippen molar-refractivity contribution in [3.8, 4) is 17.2 Å². The maximum Gasteiger partial charge on any atom is 0.256 e. The minimum absolute atomic E-state index is 0.213. The smallest absolute Gasteiger partial charge is 0.256 e. The van der Waals surface area contributed by atoms with Gasteiger partial charge < -0.3 is 25.3 Å². The Hall–Kier alpha value is -3.52. The number of hydrogen-bond donors (Lipinski definition) is 2. The molecule has 0 radical (unpaired) electrons. The van der Waals surface area contributed by atoms with Crippen LogP contribution >= 0.6 is 11.3 Å². The van der Waals surface area contributed by atoms with Crippen LogP contribution in [0.2, 0.25) is 0 Å². The summed E-state index contributed by atoms with van der Waals surface area (Å²) < 4.78 is 16.5. The minimum Gasteiger partial charge on any atom is -0.494 e. The number of rotatable bonds is 9. The van der Waals surface area contributed by atoms with E-state index in [9.17, 15) is 9.59 Å². The maximum absolute atomic E-state index is 12.8. The molecule has 0 unspecified atom stereocenters. The molecule has 1 aromatic heterocycles. The number of carbonyl (C=O) groups excluding carboxylic acids is 2. The van der Waals surface area contributed by atoms with Gasteiger partial charge >= 0.3 is 0 Å². The normalized spacial score (nSPS) is 11.9. The molecule has 172 valence electrons. The van der Waals surface area contributed by atoms with Crippen LogP contribution in [0.5, 0.6) is 17.2 Å². The topological polar surface area (TPSA) is 99.9 Å². The highest BCUT2D eigenvalue weighted by Gasteiger charge is 2.22. The standard InChI is InChI=1S/C25H26N2O5S/c1-3-4-11-30-18-8-6-17(7-9-18)24(29)27-25-22(23(26)28)15(2)21(33-25)13-16-5-10-19-20(12-16)32-14-31-19/h5-10,12H,3-4,11,13-14H2,1-2H3,(H2,26,28)(H,27,29). The number of carbonyl (C=O) groups is 2. The van der Waals surface area contributed by atoms with Crippen LogP contribution in [0.1, 0.15) is 56.5 Å². The number of nitrogens with one attached hydrogen (secondary N) is 1. The number of unbranched alkanes of at least 4 members (excludes halogenated alkanes) is 1. The van der Waals surface area contributed by atoms with E-state index in [0.29, 0.717) is 40.7 Å². The molecule has 3 N–H and O–H groups in total. The number of primary amides is 1. The van der Waals surface area contributed by atoms with Gasteiger partial charge in [-0.05, 0) is 60.9 Å². The molecule has 0 aliphatic carbocycles. The number of fused-ring (bicyclic) bond motifs is 1. The summed E-state index contributed by atoms with van der Waals surface area (Å²) in [6.45, 7) is 4.80. The van der Waals surface area contributed by atoms with E-state index < -0.39 is 5.91 Å².